The number of hydrogen-bond donors (Lipinski definition) is 0. The molecule has 0 amide bonds. The summed E-state index contributed by atoms with van der Waals surface area (Å²) in [5.41, 5.74) is 0. The second-order valence-electron chi connectivity index (χ2n) is 10.8. The SMILES string of the molecule is CCCCCCCCCCCCCCCCCN1C=CN(CCCCCCCCCC)C1C. The molecule has 0 spiro atoms. The summed E-state index contributed by atoms with van der Waals surface area (Å²) in [6, 6.07) is 0. The van der Waals surface area contributed by atoms with E-state index in [2.05, 4.69) is 43.0 Å². The predicted molar refractivity (Wildman–Crippen MR) is 150 cm³/mol. The number of nitrogens with zero attached hydrogens (tertiary/aromatic N) is 2. The van der Waals surface area contributed by atoms with Gasteiger partial charge >= 0.3 is 0 Å². The van der Waals surface area contributed by atoms with Crippen molar-refractivity contribution in [3.63, 3.8) is 0 Å². The summed E-state index contributed by atoms with van der Waals surface area (Å²) in [5.74, 6) is 0. The van der Waals surface area contributed by atoms with Gasteiger partial charge in [0.25, 0.3) is 0 Å². The van der Waals surface area contributed by atoms with Crippen molar-refractivity contribution in [1.29, 1.82) is 0 Å². The van der Waals surface area contributed by atoms with Crippen LogP contribution >= 0.6 is 0 Å². The summed E-state index contributed by atoms with van der Waals surface area (Å²) in [4.78, 5) is 5.12. The molecule has 1 atom stereocenters. The highest BCUT2D eigenvalue weighted by Gasteiger charge is 2.20. The molecule has 0 N–H and O–H groups in total. The maximum atomic E-state index is 2.56. The van der Waals surface area contributed by atoms with E-state index in [0.29, 0.717) is 6.17 Å². The Morgan fingerprint density at radius 2 is 0.636 bits per heavy atom. The Bertz CT molecular complexity index is 419. The fourth-order valence-corrected chi connectivity index (χ4v) is 5.23. The minimum Gasteiger partial charge on any atom is -0.356 e. The lowest BCUT2D eigenvalue weighted by Gasteiger charge is -2.30. The lowest BCUT2D eigenvalue weighted by molar-refractivity contribution is 0.165. The Labute approximate surface area is 210 Å². The highest BCUT2D eigenvalue weighted by molar-refractivity contribution is 4.95. The van der Waals surface area contributed by atoms with Crippen molar-refractivity contribution in [2.24, 2.45) is 0 Å². The molecule has 0 saturated carbocycles. The van der Waals surface area contributed by atoms with E-state index in [9.17, 15) is 0 Å². The number of unbranched alkanes of at least 4 members (excludes halogenated alkanes) is 21. The fraction of sp³-hybridized carbons (Fsp3) is 0.935. The van der Waals surface area contributed by atoms with Gasteiger partial charge in [0.1, 0.15) is 0 Å². The summed E-state index contributed by atoms with van der Waals surface area (Å²) < 4.78 is 0. The zero-order chi connectivity index (χ0) is 23.8. The van der Waals surface area contributed by atoms with Crippen LogP contribution in [0.25, 0.3) is 0 Å². The van der Waals surface area contributed by atoms with Gasteiger partial charge in [-0.1, -0.05) is 149 Å². The first-order valence-electron chi connectivity index (χ1n) is 15.5. The Balaban J connectivity index is 1.84. The normalized spacial score (nSPS) is 15.8. The van der Waals surface area contributed by atoms with E-state index in [1.54, 1.807) is 0 Å². The van der Waals surface area contributed by atoms with E-state index >= 15 is 0 Å². The molecule has 1 aliphatic heterocycles. The molecule has 33 heavy (non-hydrogen) atoms. The van der Waals surface area contributed by atoms with Crippen LogP contribution < -0.4 is 0 Å². The molecule has 0 aromatic rings. The average Bonchev–Trinajstić information content (AvgIpc) is 3.17. The first-order chi connectivity index (χ1) is 16.3. The molecule has 1 unspecified atom stereocenters. The quantitative estimate of drug-likeness (QED) is 0.124. The van der Waals surface area contributed by atoms with Gasteiger partial charge in [0.05, 0.1) is 6.17 Å². The first kappa shape index (κ1) is 30.4. The predicted octanol–water partition coefficient (Wildman–Crippen LogP) is 10.4. The third-order valence-corrected chi connectivity index (χ3v) is 7.70. The van der Waals surface area contributed by atoms with Gasteiger partial charge in [-0.2, -0.15) is 0 Å². The largest absolute Gasteiger partial charge is 0.356 e. The van der Waals surface area contributed by atoms with Crippen molar-refractivity contribution in [2.45, 2.75) is 175 Å². The van der Waals surface area contributed by atoms with Gasteiger partial charge < -0.3 is 9.80 Å². The van der Waals surface area contributed by atoms with Gasteiger partial charge in [-0.15, -0.1) is 0 Å². The van der Waals surface area contributed by atoms with Crippen molar-refractivity contribution in [1.82, 2.24) is 9.80 Å². The summed E-state index contributed by atoms with van der Waals surface area (Å²) >= 11 is 0. The van der Waals surface area contributed by atoms with Crippen molar-refractivity contribution in [3.05, 3.63) is 12.4 Å². The van der Waals surface area contributed by atoms with Crippen LogP contribution in [-0.4, -0.2) is 29.1 Å². The molecule has 2 heteroatoms. The van der Waals surface area contributed by atoms with E-state index in [0.717, 1.165) is 0 Å². The van der Waals surface area contributed by atoms with Gasteiger partial charge in [-0.05, 0) is 19.8 Å². The van der Waals surface area contributed by atoms with E-state index in [1.165, 1.54) is 161 Å². The molecule has 0 radical (unpaired) electrons. The van der Waals surface area contributed by atoms with Crippen LogP contribution in [-0.2, 0) is 0 Å². The highest BCUT2D eigenvalue weighted by Crippen LogP contribution is 2.19. The monoisotopic (exact) mass is 462 g/mol. The van der Waals surface area contributed by atoms with Crippen LogP contribution in [0.1, 0.15) is 168 Å². The summed E-state index contributed by atoms with van der Waals surface area (Å²) in [6.07, 6.45) is 38.2. The van der Waals surface area contributed by atoms with E-state index in [1.807, 2.05) is 0 Å². The molecule has 0 aromatic heterocycles. The second-order valence-corrected chi connectivity index (χ2v) is 10.8. The minimum atomic E-state index is 0.571. The third kappa shape index (κ3) is 17.4. The van der Waals surface area contributed by atoms with E-state index in [-0.39, 0.29) is 0 Å². The van der Waals surface area contributed by atoms with Crippen LogP contribution in [0, 0.1) is 0 Å². The molecule has 1 aliphatic rings. The van der Waals surface area contributed by atoms with Gasteiger partial charge in [-0.25, -0.2) is 0 Å². The van der Waals surface area contributed by atoms with Crippen LogP contribution in [0.5, 0.6) is 0 Å². The van der Waals surface area contributed by atoms with Gasteiger partial charge in [-0.3, -0.25) is 0 Å². The van der Waals surface area contributed by atoms with Gasteiger partial charge in [0.2, 0.25) is 0 Å². The van der Waals surface area contributed by atoms with Crippen LogP contribution in [0.15, 0.2) is 12.4 Å². The zero-order valence-corrected chi connectivity index (χ0v) is 23.3. The Morgan fingerprint density at radius 1 is 0.394 bits per heavy atom. The third-order valence-electron chi connectivity index (χ3n) is 7.70. The topological polar surface area (TPSA) is 6.48 Å². The van der Waals surface area contributed by atoms with Gasteiger partial charge in [0.15, 0.2) is 0 Å². The average molecular weight is 463 g/mol. The standard InChI is InChI=1S/C31H62N2/c1-4-6-8-10-12-14-15-16-17-18-19-20-22-24-26-28-33-30-29-32(31(33)3)27-25-23-21-13-11-9-7-5-2/h29-31H,4-28H2,1-3H3. The zero-order valence-electron chi connectivity index (χ0n) is 23.3. The Morgan fingerprint density at radius 3 is 0.909 bits per heavy atom. The maximum absolute atomic E-state index is 2.56. The number of rotatable bonds is 25. The molecular formula is C31H62N2. The van der Waals surface area contributed by atoms with Crippen LogP contribution in [0.3, 0.4) is 0 Å². The first-order valence-corrected chi connectivity index (χ1v) is 15.5. The fourth-order valence-electron chi connectivity index (χ4n) is 5.23. The van der Waals surface area contributed by atoms with Crippen LogP contribution in [0.4, 0.5) is 0 Å². The molecule has 1 heterocycles. The van der Waals surface area contributed by atoms with Crippen molar-refractivity contribution in [3.8, 4) is 0 Å². The molecule has 0 aliphatic carbocycles. The van der Waals surface area contributed by atoms with Crippen LogP contribution in [0.2, 0.25) is 0 Å². The molecular weight excluding hydrogens is 400 g/mol. The molecule has 0 aromatic carbocycles. The second kappa shape index (κ2) is 23.1. The molecule has 1 rings (SSSR count). The molecule has 0 saturated heterocycles. The maximum Gasteiger partial charge on any atom is 0.0977 e. The summed E-state index contributed by atoms with van der Waals surface area (Å²) in [6.45, 7) is 9.47. The Hall–Kier alpha value is -0.660. The van der Waals surface area contributed by atoms with Crippen molar-refractivity contribution >= 4 is 0 Å². The molecule has 2 nitrogen and oxygen atoms in total. The van der Waals surface area contributed by atoms with E-state index < -0.39 is 0 Å². The van der Waals surface area contributed by atoms with Crippen molar-refractivity contribution in [2.75, 3.05) is 13.1 Å². The van der Waals surface area contributed by atoms with Crippen molar-refractivity contribution < 1.29 is 0 Å². The summed E-state index contributed by atoms with van der Waals surface area (Å²) in [7, 11) is 0. The molecule has 196 valence electrons. The highest BCUT2D eigenvalue weighted by atomic mass is 15.4. The molecule has 0 bridgehead atoms. The smallest absolute Gasteiger partial charge is 0.0977 e. The lowest BCUT2D eigenvalue weighted by atomic mass is 10.0. The minimum absolute atomic E-state index is 0.571. The Kier molecular flexibility index (Phi) is 21.3. The summed E-state index contributed by atoms with van der Waals surface area (Å²) in [5, 5.41) is 0. The van der Waals surface area contributed by atoms with E-state index in [4.69, 9.17) is 0 Å². The molecule has 0 fully saturated rings. The lowest BCUT2D eigenvalue weighted by Crippen LogP contribution is -2.36. The van der Waals surface area contributed by atoms with Gasteiger partial charge in [0, 0.05) is 25.5 Å². The number of hydrogen-bond acceptors (Lipinski definition) is 2.